The van der Waals surface area contributed by atoms with Crippen LogP contribution in [-0.4, -0.2) is 25.4 Å². The maximum atomic E-state index is 12.1. The van der Waals surface area contributed by atoms with Gasteiger partial charge in [0.25, 0.3) is 5.69 Å². The smallest absolute Gasteiger partial charge is 0.289 e. The van der Waals surface area contributed by atoms with Crippen molar-refractivity contribution in [3.05, 3.63) is 34.4 Å². The minimum absolute atomic E-state index is 0. The van der Waals surface area contributed by atoms with Crippen LogP contribution < -0.4 is 10.5 Å². The van der Waals surface area contributed by atoms with Crippen molar-refractivity contribution in [2.75, 3.05) is 6.54 Å². The lowest BCUT2D eigenvalue weighted by molar-refractivity contribution is -0.387. The van der Waals surface area contributed by atoms with E-state index >= 15 is 0 Å². The van der Waals surface area contributed by atoms with E-state index < -0.39 is 26.2 Å². The number of nitrogens with zero attached hydrogens (tertiary/aromatic N) is 1. The van der Waals surface area contributed by atoms with Gasteiger partial charge >= 0.3 is 0 Å². The summed E-state index contributed by atoms with van der Waals surface area (Å²) in [5.74, 6) is 0. The summed E-state index contributed by atoms with van der Waals surface area (Å²) >= 11 is 0. The fourth-order valence-electron chi connectivity index (χ4n) is 1.96. The molecular weight excluding hydrogens is 306 g/mol. The number of nitro benzene ring substituents is 1. The summed E-state index contributed by atoms with van der Waals surface area (Å²) in [5.41, 5.74) is 4.97. The van der Waals surface area contributed by atoms with Crippen LogP contribution >= 0.6 is 12.4 Å². The molecule has 1 aliphatic rings. The Bertz CT molecular complexity index is 601. The Morgan fingerprint density at radius 3 is 2.45 bits per heavy atom. The Morgan fingerprint density at radius 1 is 1.35 bits per heavy atom. The average molecular weight is 322 g/mol. The van der Waals surface area contributed by atoms with Gasteiger partial charge < -0.3 is 5.73 Å². The molecule has 1 fully saturated rings. The van der Waals surface area contributed by atoms with Gasteiger partial charge in [0, 0.05) is 18.2 Å². The number of nitro groups is 1. The summed E-state index contributed by atoms with van der Waals surface area (Å²) in [5, 5.41) is 10.8. The minimum Gasteiger partial charge on any atom is -0.324 e. The van der Waals surface area contributed by atoms with Crippen molar-refractivity contribution < 1.29 is 13.3 Å². The molecule has 9 heteroatoms. The topological polar surface area (TPSA) is 115 Å². The van der Waals surface area contributed by atoms with Gasteiger partial charge in [-0.1, -0.05) is 12.1 Å². The molecule has 0 spiro atoms. The van der Waals surface area contributed by atoms with Crippen molar-refractivity contribution in [1.82, 2.24) is 4.72 Å². The predicted octanol–water partition coefficient (Wildman–Crippen LogP) is 1.18. The van der Waals surface area contributed by atoms with Crippen molar-refractivity contribution >= 4 is 28.1 Å². The third kappa shape index (κ3) is 3.45. The number of hydrogen-bond donors (Lipinski definition) is 2. The molecule has 1 saturated carbocycles. The second-order valence-corrected chi connectivity index (χ2v) is 6.50. The molecule has 0 amide bonds. The molecule has 1 aromatic carbocycles. The standard InChI is InChI=1S/C11H15N3O4S.ClH/c12-11(6-3-7-11)8-13-19(17,18)10-5-2-1-4-9(10)14(15)16;/h1-2,4-5,13H,3,6-8,12H2;1H. The largest absolute Gasteiger partial charge is 0.324 e. The number of para-hydroxylation sites is 1. The van der Waals surface area contributed by atoms with Crippen LogP contribution in [0.5, 0.6) is 0 Å². The third-order valence-corrected chi connectivity index (χ3v) is 4.76. The van der Waals surface area contributed by atoms with E-state index in [0.29, 0.717) is 0 Å². The molecule has 0 heterocycles. The first-order chi connectivity index (χ1) is 8.84. The Morgan fingerprint density at radius 2 is 1.95 bits per heavy atom. The van der Waals surface area contributed by atoms with Crippen LogP contribution in [0.25, 0.3) is 0 Å². The Balaban J connectivity index is 0.00000200. The summed E-state index contributed by atoms with van der Waals surface area (Å²) in [7, 11) is -3.92. The van der Waals surface area contributed by atoms with Crippen molar-refractivity contribution in [1.29, 1.82) is 0 Å². The highest BCUT2D eigenvalue weighted by Gasteiger charge is 2.34. The normalized spacial score (nSPS) is 16.9. The SMILES string of the molecule is Cl.NC1(CNS(=O)(=O)c2ccccc2[N+](=O)[O-])CCC1. The maximum Gasteiger partial charge on any atom is 0.289 e. The van der Waals surface area contributed by atoms with E-state index in [0.717, 1.165) is 25.3 Å². The van der Waals surface area contributed by atoms with E-state index in [1.807, 2.05) is 0 Å². The first kappa shape index (κ1) is 16.8. The van der Waals surface area contributed by atoms with Crippen LogP contribution in [0, 0.1) is 10.1 Å². The van der Waals surface area contributed by atoms with Gasteiger partial charge in [-0.25, -0.2) is 13.1 Å². The first-order valence-electron chi connectivity index (χ1n) is 5.86. The van der Waals surface area contributed by atoms with Gasteiger partial charge in [-0.2, -0.15) is 0 Å². The Labute approximate surface area is 123 Å². The molecule has 0 radical (unpaired) electrons. The van der Waals surface area contributed by atoms with Gasteiger partial charge in [0.15, 0.2) is 4.90 Å². The van der Waals surface area contributed by atoms with Gasteiger partial charge in [0.1, 0.15) is 0 Å². The number of benzene rings is 1. The molecule has 1 aromatic rings. The molecule has 112 valence electrons. The highest BCUT2D eigenvalue weighted by atomic mass is 35.5. The van der Waals surface area contributed by atoms with Crippen molar-refractivity contribution in [3.63, 3.8) is 0 Å². The summed E-state index contributed by atoms with van der Waals surface area (Å²) in [4.78, 5) is 9.78. The Kier molecular flexibility index (Phi) is 5.09. The van der Waals surface area contributed by atoms with Crippen LogP contribution in [0.4, 0.5) is 5.69 Å². The van der Waals surface area contributed by atoms with Crippen LogP contribution in [0.2, 0.25) is 0 Å². The number of sulfonamides is 1. The number of halogens is 1. The van der Waals surface area contributed by atoms with Gasteiger partial charge in [-0.15, -0.1) is 12.4 Å². The molecule has 0 unspecified atom stereocenters. The van der Waals surface area contributed by atoms with Gasteiger partial charge in [-0.05, 0) is 25.3 Å². The second kappa shape index (κ2) is 6.04. The molecule has 2 rings (SSSR count). The third-order valence-electron chi connectivity index (χ3n) is 3.32. The summed E-state index contributed by atoms with van der Waals surface area (Å²) < 4.78 is 26.5. The monoisotopic (exact) mass is 321 g/mol. The zero-order chi connectivity index (χ0) is 14.1. The average Bonchev–Trinajstić information content (AvgIpc) is 2.34. The van der Waals surface area contributed by atoms with E-state index in [9.17, 15) is 18.5 Å². The minimum atomic E-state index is -3.92. The first-order valence-corrected chi connectivity index (χ1v) is 7.34. The summed E-state index contributed by atoms with van der Waals surface area (Å²) in [6.07, 6.45) is 2.49. The van der Waals surface area contributed by atoms with Crippen LogP contribution in [0.3, 0.4) is 0 Å². The molecule has 7 nitrogen and oxygen atoms in total. The van der Waals surface area contributed by atoms with Gasteiger partial charge in [-0.3, -0.25) is 10.1 Å². The summed E-state index contributed by atoms with van der Waals surface area (Å²) in [6.45, 7) is 0.0986. The van der Waals surface area contributed by atoms with Crippen LogP contribution in [-0.2, 0) is 10.0 Å². The highest BCUT2D eigenvalue weighted by Crippen LogP contribution is 2.29. The molecule has 0 atom stereocenters. The zero-order valence-corrected chi connectivity index (χ0v) is 12.2. The molecular formula is C11H16ClN3O4S. The lowest BCUT2D eigenvalue weighted by Gasteiger charge is -2.37. The maximum absolute atomic E-state index is 12.1. The highest BCUT2D eigenvalue weighted by molar-refractivity contribution is 7.89. The lowest BCUT2D eigenvalue weighted by atomic mass is 9.78. The number of nitrogens with one attached hydrogen (secondary N) is 1. The van der Waals surface area contributed by atoms with Crippen LogP contribution in [0.15, 0.2) is 29.2 Å². The predicted molar refractivity (Wildman–Crippen MR) is 76.3 cm³/mol. The van der Waals surface area contributed by atoms with Gasteiger partial charge in [0.2, 0.25) is 10.0 Å². The van der Waals surface area contributed by atoms with Crippen LogP contribution in [0.1, 0.15) is 19.3 Å². The molecule has 3 N–H and O–H groups in total. The molecule has 0 aromatic heterocycles. The Hall–Kier alpha value is -1.22. The zero-order valence-electron chi connectivity index (χ0n) is 10.6. The number of rotatable bonds is 5. The summed E-state index contributed by atoms with van der Waals surface area (Å²) in [6, 6.07) is 5.25. The van der Waals surface area contributed by atoms with Crippen molar-refractivity contribution in [2.24, 2.45) is 5.73 Å². The quantitative estimate of drug-likeness (QED) is 0.624. The van der Waals surface area contributed by atoms with E-state index in [1.54, 1.807) is 0 Å². The number of nitrogens with two attached hydrogens (primary N) is 1. The molecule has 0 bridgehead atoms. The fraction of sp³-hybridized carbons (Fsp3) is 0.455. The van der Waals surface area contributed by atoms with E-state index in [4.69, 9.17) is 5.73 Å². The van der Waals surface area contributed by atoms with Gasteiger partial charge in [0.05, 0.1) is 4.92 Å². The van der Waals surface area contributed by atoms with Crippen molar-refractivity contribution in [2.45, 2.75) is 29.7 Å². The van der Waals surface area contributed by atoms with Crippen molar-refractivity contribution in [3.8, 4) is 0 Å². The van der Waals surface area contributed by atoms with E-state index in [2.05, 4.69) is 4.72 Å². The lowest BCUT2D eigenvalue weighted by Crippen LogP contribution is -2.54. The fourth-order valence-corrected chi connectivity index (χ4v) is 3.27. The second-order valence-electron chi connectivity index (χ2n) is 4.77. The molecule has 0 aliphatic heterocycles. The molecule has 20 heavy (non-hydrogen) atoms. The van der Waals surface area contributed by atoms with E-state index in [-0.39, 0.29) is 23.8 Å². The molecule has 0 saturated heterocycles. The number of hydrogen-bond acceptors (Lipinski definition) is 5. The molecule has 1 aliphatic carbocycles. The van der Waals surface area contributed by atoms with E-state index in [1.165, 1.54) is 18.2 Å².